The molecule has 0 radical (unpaired) electrons. The number of halogens is 3. The molecule has 3 aromatic carbocycles. The van der Waals surface area contributed by atoms with Crippen LogP contribution in [0.4, 0.5) is 19.0 Å². The lowest BCUT2D eigenvalue weighted by Gasteiger charge is -2.31. The zero-order chi connectivity index (χ0) is 35.6. The number of fused-ring (bicyclic) bond motifs is 4. The van der Waals surface area contributed by atoms with Crippen LogP contribution in [0, 0.1) is 18.6 Å². The molecule has 5 heterocycles. The molecule has 0 unspecified atom stereocenters. The maximum absolute atomic E-state index is 17.1. The number of aryl methyl sites for hydroxylation is 2. The Labute approximate surface area is 293 Å². The predicted octanol–water partition coefficient (Wildman–Crippen LogP) is 6.23. The summed E-state index contributed by atoms with van der Waals surface area (Å²) in [4.78, 5) is 26.3. The molecule has 266 valence electrons. The molecule has 3 aliphatic rings. The number of hydrogen-bond acceptors (Lipinski definition) is 8. The van der Waals surface area contributed by atoms with Gasteiger partial charge in [0.1, 0.15) is 35.7 Å². The fraction of sp³-hybridized carbons (Fsp3) is 0.421. The molecular formula is C38H40F3N7O3. The number of amides is 1. The van der Waals surface area contributed by atoms with E-state index in [0.717, 1.165) is 30.6 Å². The highest BCUT2D eigenvalue weighted by Gasteiger charge is 2.49. The highest BCUT2D eigenvalue weighted by atomic mass is 19.1. The van der Waals surface area contributed by atoms with Crippen LogP contribution in [-0.2, 0) is 19.5 Å². The number of alkyl halides is 1. The number of ether oxygens (including phenoxy) is 1. The summed E-state index contributed by atoms with van der Waals surface area (Å²) in [6.07, 6.45) is 2.19. The molecule has 51 heavy (non-hydrogen) atoms. The van der Waals surface area contributed by atoms with Gasteiger partial charge in [-0.2, -0.15) is 15.1 Å². The molecule has 2 N–H and O–H groups in total. The van der Waals surface area contributed by atoms with Gasteiger partial charge in [0.25, 0.3) is 5.91 Å². The Morgan fingerprint density at radius 3 is 2.75 bits per heavy atom. The smallest absolute Gasteiger partial charge is 0.319 e. The molecule has 13 heteroatoms. The van der Waals surface area contributed by atoms with Gasteiger partial charge < -0.3 is 20.1 Å². The number of phenolic OH excluding ortho intramolecular Hbond substituents is 1. The number of benzene rings is 3. The number of carbonyl (C=O) groups is 1. The lowest BCUT2D eigenvalue weighted by molar-refractivity contribution is 0.0956. The van der Waals surface area contributed by atoms with Crippen molar-refractivity contribution in [2.45, 2.75) is 70.8 Å². The normalized spacial score (nSPS) is 20.5. The van der Waals surface area contributed by atoms with Crippen molar-refractivity contribution in [1.82, 2.24) is 30.0 Å². The van der Waals surface area contributed by atoms with E-state index in [-0.39, 0.29) is 35.4 Å². The third-order valence-electron chi connectivity index (χ3n) is 11.0. The number of hydrogen-bond donors (Lipinski definition) is 2. The molecular weight excluding hydrogens is 659 g/mol. The summed E-state index contributed by atoms with van der Waals surface area (Å²) in [5, 5.41) is 19.5. The van der Waals surface area contributed by atoms with Crippen LogP contribution in [0.3, 0.4) is 0 Å². The Balaban J connectivity index is 1.28. The standard InChI is InChI=1S/C38H40F3N7O3/c1-4-25-29(40)10-7-22-15-24(49)16-28(31(22)25)26-8-9-27-34(32(26)41)43-37(51-20-38-11-5-13-47(38)18-23(39)17-38)44-35(27)46-12-6-14-48-30(19-46)21(2)33(45-48)36(50)42-3/h7-10,15-16,23,49H,4-6,11-14,17-20H2,1-3H3,(H,42,50)/t23-,38+/m1/s1. The van der Waals surface area contributed by atoms with E-state index in [9.17, 15) is 14.3 Å². The van der Waals surface area contributed by atoms with E-state index in [2.05, 4.69) is 20.3 Å². The molecule has 1 amide bonds. The van der Waals surface area contributed by atoms with Crippen molar-refractivity contribution in [3.8, 4) is 22.9 Å². The summed E-state index contributed by atoms with van der Waals surface area (Å²) in [7, 11) is 1.57. The number of nitrogens with zero attached hydrogens (tertiary/aromatic N) is 6. The molecule has 10 nitrogen and oxygen atoms in total. The van der Waals surface area contributed by atoms with Crippen molar-refractivity contribution in [3.63, 3.8) is 0 Å². The van der Waals surface area contributed by atoms with Gasteiger partial charge in [-0.25, -0.2) is 13.2 Å². The molecule has 0 saturated carbocycles. The SMILES string of the molecule is CCc1c(F)ccc2cc(O)cc(-c3ccc4c(N5CCCn6nc(C(=O)NC)c(C)c6C5)nc(OC[C@@]56CCCN5C[C@H](F)C6)nc4c3F)c12. The molecule has 0 spiro atoms. The van der Waals surface area contributed by atoms with Crippen LogP contribution in [0.5, 0.6) is 11.8 Å². The molecule has 0 bridgehead atoms. The lowest BCUT2D eigenvalue weighted by atomic mass is 9.92. The van der Waals surface area contributed by atoms with Gasteiger partial charge >= 0.3 is 6.01 Å². The van der Waals surface area contributed by atoms with Gasteiger partial charge in [-0.05, 0) is 85.3 Å². The van der Waals surface area contributed by atoms with Gasteiger partial charge in [-0.15, -0.1) is 0 Å². The predicted molar refractivity (Wildman–Crippen MR) is 188 cm³/mol. The Kier molecular flexibility index (Phi) is 8.28. The van der Waals surface area contributed by atoms with Crippen LogP contribution in [0.15, 0.2) is 36.4 Å². The highest BCUT2D eigenvalue weighted by Crippen LogP contribution is 2.42. The van der Waals surface area contributed by atoms with E-state index < -0.39 is 23.3 Å². The minimum atomic E-state index is -0.943. The molecule has 2 saturated heterocycles. The van der Waals surface area contributed by atoms with Gasteiger partial charge in [0.05, 0.1) is 17.8 Å². The summed E-state index contributed by atoms with van der Waals surface area (Å²) in [5.41, 5.74) is 2.41. The molecule has 0 aliphatic carbocycles. The van der Waals surface area contributed by atoms with Crippen LogP contribution in [0.1, 0.15) is 59.9 Å². The monoisotopic (exact) mass is 699 g/mol. The van der Waals surface area contributed by atoms with Crippen molar-refractivity contribution in [2.75, 3.05) is 38.2 Å². The minimum absolute atomic E-state index is 0.00883. The lowest BCUT2D eigenvalue weighted by Crippen LogP contribution is -2.43. The van der Waals surface area contributed by atoms with E-state index >= 15 is 8.78 Å². The Hall–Kier alpha value is -4.91. The van der Waals surface area contributed by atoms with Gasteiger partial charge in [-0.1, -0.05) is 19.1 Å². The summed E-state index contributed by atoms with van der Waals surface area (Å²) >= 11 is 0. The third-order valence-corrected chi connectivity index (χ3v) is 11.0. The molecule has 5 aromatic rings. The van der Waals surface area contributed by atoms with Crippen molar-refractivity contribution in [3.05, 3.63) is 70.5 Å². The van der Waals surface area contributed by atoms with E-state index in [4.69, 9.17) is 9.72 Å². The van der Waals surface area contributed by atoms with E-state index in [1.807, 2.05) is 23.4 Å². The maximum atomic E-state index is 17.1. The summed E-state index contributed by atoms with van der Waals surface area (Å²) in [6, 6.07) is 9.28. The van der Waals surface area contributed by atoms with E-state index in [1.54, 1.807) is 31.3 Å². The largest absolute Gasteiger partial charge is 0.508 e. The zero-order valence-electron chi connectivity index (χ0n) is 28.9. The minimum Gasteiger partial charge on any atom is -0.508 e. The topological polar surface area (TPSA) is 109 Å². The molecule has 2 aromatic heterocycles. The molecule has 8 rings (SSSR count). The number of phenols is 1. The van der Waals surface area contributed by atoms with Gasteiger partial charge in [-0.3, -0.25) is 14.4 Å². The number of nitrogens with one attached hydrogen (secondary N) is 1. The van der Waals surface area contributed by atoms with E-state index in [0.29, 0.717) is 84.2 Å². The molecule has 2 atom stereocenters. The number of rotatable bonds is 7. The first kappa shape index (κ1) is 33.2. The first-order chi connectivity index (χ1) is 24.6. The van der Waals surface area contributed by atoms with Crippen LogP contribution in [0.25, 0.3) is 32.8 Å². The number of carbonyl (C=O) groups excluding carboxylic acids is 1. The Bertz CT molecular complexity index is 2210. The fourth-order valence-corrected chi connectivity index (χ4v) is 8.50. The molecule has 3 aliphatic heterocycles. The summed E-state index contributed by atoms with van der Waals surface area (Å²) in [5.74, 6) is -0.967. The summed E-state index contributed by atoms with van der Waals surface area (Å²) < 4.78 is 55.0. The average Bonchev–Trinajstić information content (AvgIpc) is 3.69. The van der Waals surface area contributed by atoms with Crippen LogP contribution in [0.2, 0.25) is 0 Å². The number of anilines is 1. The summed E-state index contributed by atoms with van der Waals surface area (Å²) in [6.45, 7) is 6.51. The van der Waals surface area contributed by atoms with Crippen molar-refractivity contribution in [2.24, 2.45) is 0 Å². The third kappa shape index (κ3) is 5.53. The first-order valence-electron chi connectivity index (χ1n) is 17.6. The van der Waals surface area contributed by atoms with Crippen LogP contribution in [-0.4, -0.2) is 80.7 Å². The van der Waals surface area contributed by atoms with Crippen LogP contribution >= 0.6 is 0 Å². The quantitative estimate of drug-likeness (QED) is 0.206. The van der Waals surface area contributed by atoms with Gasteiger partial charge in [0.15, 0.2) is 11.5 Å². The van der Waals surface area contributed by atoms with Crippen molar-refractivity contribution < 1.29 is 27.8 Å². The van der Waals surface area contributed by atoms with E-state index in [1.165, 1.54) is 12.1 Å². The second-order valence-electron chi connectivity index (χ2n) is 14.0. The van der Waals surface area contributed by atoms with Gasteiger partial charge in [0, 0.05) is 49.6 Å². The Morgan fingerprint density at radius 2 is 1.94 bits per heavy atom. The second-order valence-corrected chi connectivity index (χ2v) is 14.0. The number of aromatic hydroxyl groups is 1. The fourth-order valence-electron chi connectivity index (χ4n) is 8.50. The molecule has 2 fully saturated rings. The Morgan fingerprint density at radius 1 is 1.10 bits per heavy atom. The number of aromatic nitrogens is 4. The zero-order valence-corrected chi connectivity index (χ0v) is 28.9. The van der Waals surface area contributed by atoms with Crippen molar-refractivity contribution >= 4 is 33.4 Å². The highest BCUT2D eigenvalue weighted by molar-refractivity contribution is 6.03. The maximum Gasteiger partial charge on any atom is 0.319 e. The van der Waals surface area contributed by atoms with Gasteiger partial charge in [0.2, 0.25) is 0 Å². The van der Waals surface area contributed by atoms with Crippen molar-refractivity contribution in [1.29, 1.82) is 0 Å². The average molecular weight is 700 g/mol. The first-order valence-corrected chi connectivity index (χ1v) is 17.6. The second kappa shape index (κ2) is 12.7. The van der Waals surface area contributed by atoms with Crippen LogP contribution < -0.4 is 15.0 Å².